The lowest BCUT2D eigenvalue weighted by Gasteiger charge is -2.07. The van der Waals surface area contributed by atoms with Gasteiger partial charge in [0.1, 0.15) is 10.2 Å². The van der Waals surface area contributed by atoms with E-state index < -0.39 is 4.92 Å². The van der Waals surface area contributed by atoms with Gasteiger partial charge < -0.3 is 4.74 Å². The highest BCUT2D eigenvalue weighted by Gasteiger charge is 2.17. The number of benzene rings is 2. The van der Waals surface area contributed by atoms with Crippen LogP contribution in [0.25, 0.3) is 0 Å². The van der Waals surface area contributed by atoms with E-state index in [1.807, 2.05) is 0 Å². The van der Waals surface area contributed by atoms with E-state index >= 15 is 0 Å². The average Bonchev–Trinajstić information content (AvgIpc) is 2.45. The van der Waals surface area contributed by atoms with Crippen molar-refractivity contribution in [1.82, 2.24) is 0 Å². The lowest BCUT2D eigenvalue weighted by molar-refractivity contribution is -0.385. The Morgan fingerprint density at radius 3 is 2.67 bits per heavy atom. The number of nitro benzene ring substituents is 1. The summed E-state index contributed by atoms with van der Waals surface area (Å²) < 4.78 is 5.54. The fraction of sp³-hybridized carbons (Fsp3) is 0.0714. The Balaban J connectivity index is 2.12. The van der Waals surface area contributed by atoms with Gasteiger partial charge in [-0.25, -0.2) is 0 Å². The monoisotopic (exact) mass is 369 g/mol. The van der Waals surface area contributed by atoms with Crippen LogP contribution in [0.1, 0.15) is 10.4 Å². The first kappa shape index (κ1) is 15.5. The molecule has 5 nitrogen and oxygen atoms in total. The number of carbonyl (C=O) groups excluding carboxylic acids is 1. The summed E-state index contributed by atoms with van der Waals surface area (Å²) >= 11 is 8.91. The molecular formula is C14H9BrClNO4. The number of hydrogen-bond donors (Lipinski definition) is 0. The van der Waals surface area contributed by atoms with Crippen molar-refractivity contribution in [3.63, 3.8) is 0 Å². The molecule has 2 rings (SSSR count). The fourth-order valence-electron chi connectivity index (χ4n) is 1.64. The maximum atomic E-state index is 12.0. The van der Waals surface area contributed by atoms with E-state index in [-0.39, 0.29) is 28.3 Å². The summed E-state index contributed by atoms with van der Waals surface area (Å²) in [7, 11) is 0. The van der Waals surface area contributed by atoms with Gasteiger partial charge in [0.2, 0.25) is 0 Å². The van der Waals surface area contributed by atoms with Crippen LogP contribution in [-0.4, -0.2) is 17.3 Å². The molecule has 0 N–H and O–H groups in total. The van der Waals surface area contributed by atoms with E-state index in [0.29, 0.717) is 10.6 Å². The molecule has 0 aliphatic carbocycles. The van der Waals surface area contributed by atoms with Crippen molar-refractivity contribution in [3.8, 4) is 5.75 Å². The van der Waals surface area contributed by atoms with Crippen LogP contribution in [0.5, 0.6) is 5.75 Å². The van der Waals surface area contributed by atoms with Gasteiger partial charge >= 0.3 is 0 Å². The molecule has 2 aromatic rings. The maximum Gasteiger partial charge on any atom is 0.287 e. The summed E-state index contributed by atoms with van der Waals surface area (Å²) in [5, 5.41) is 11.3. The molecule has 0 radical (unpaired) electrons. The average molecular weight is 371 g/mol. The van der Waals surface area contributed by atoms with Gasteiger partial charge in [-0.1, -0.05) is 29.8 Å². The first-order chi connectivity index (χ1) is 9.99. The number of ether oxygens (including phenoxy) is 1. The predicted molar refractivity (Wildman–Crippen MR) is 82.1 cm³/mol. The van der Waals surface area contributed by atoms with E-state index in [1.165, 1.54) is 18.2 Å². The van der Waals surface area contributed by atoms with Gasteiger partial charge in [-0.2, -0.15) is 0 Å². The van der Waals surface area contributed by atoms with Gasteiger partial charge in [0, 0.05) is 16.7 Å². The lowest BCUT2D eigenvalue weighted by atomic mass is 10.1. The molecule has 0 fully saturated rings. The summed E-state index contributed by atoms with van der Waals surface area (Å²) in [5.41, 5.74) is 0.298. The maximum absolute atomic E-state index is 12.0. The predicted octanol–water partition coefficient (Wildman–Crippen LogP) is 4.27. The Labute approximate surface area is 133 Å². The quantitative estimate of drug-likeness (QED) is 0.448. The number of Topliss-reactive ketones (excluding diaryl/α,β-unsaturated/α-hetero) is 1. The highest BCUT2D eigenvalue weighted by atomic mass is 79.9. The van der Waals surface area contributed by atoms with E-state index in [2.05, 4.69) is 15.9 Å². The van der Waals surface area contributed by atoms with Gasteiger partial charge in [0.15, 0.2) is 12.4 Å². The second-order valence-electron chi connectivity index (χ2n) is 4.07. The number of halogens is 2. The summed E-state index contributed by atoms with van der Waals surface area (Å²) in [5.74, 6) is -0.0320. The number of ketones is 1. The summed E-state index contributed by atoms with van der Waals surface area (Å²) in [6.45, 7) is -0.236. The van der Waals surface area contributed by atoms with Gasteiger partial charge in [-0.05, 0) is 34.1 Å². The molecule has 0 saturated heterocycles. The summed E-state index contributed by atoms with van der Waals surface area (Å²) in [6.07, 6.45) is 0. The van der Waals surface area contributed by atoms with Crippen molar-refractivity contribution in [1.29, 1.82) is 0 Å². The van der Waals surface area contributed by atoms with Crippen molar-refractivity contribution < 1.29 is 14.5 Å². The third kappa shape index (κ3) is 3.80. The molecule has 7 heteroatoms. The minimum atomic E-state index is -0.532. The van der Waals surface area contributed by atoms with Crippen LogP contribution in [-0.2, 0) is 0 Å². The molecule has 0 atom stereocenters. The zero-order valence-electron chi connectivity index (χ0n) is 10.6. The van der Waals surface area contributed by atoms with Gasteiger partial charge in [-0.3, -0.25) is 14.9 Å². The van der Waals surface area contributed by atoms with Crippen LogP contribution in [0.3, 0.4) is 0 Å². The molecule has 0 heterocycles. The van der Waals surface area contributed by atoms with Crippen molar-refractivity contribution in [2.75, 3.05) is 6.61 Å². The Kier molecular flexibility index (Phi) is 4.93. The minimum Gasteiger partial charge on any atom is -0.484 e. The Hall–Kier alpha value is -1.92. The zero-order chi connectivity index (χ0) is 15.4. The van der Waals surface area contributed by atoms with Gasteiger partial charge in [-0.15, -0.1) is 0 Å². The van der Waals surface area contributed by atoms with Crippen LogP contribution in [0.4, 0.5) is 5.69 Å². The molecule has 0 amide bonds. The highest BCUT2D eigenvalue weighted by molar-refractivity contribution is 9.10. The van der Waals surface area contributed by atoms with Crippen LogP contribution in [0, 0.1) is 10.1 Å². The second kappa shape index (κ2) is 6.69. The van der Waals surface area contributed by atoms with Crippen molar-refractivity contribution in [2.45, 2.75) is 0 Å². The number of hydrogen-bond acceptors (Lipinski definition) is 4. The van der Waals surface area contributed by atoms with E-state index in [1.54, 1.807) is 24.3 Å². The smallest absolute Gasteiger partial charge is 0.287 e. The molecule has 2 aromatic carbocycles. The largest absolute Gasteiger partial charge is 0.484 e. The molecule has 0 aromatic heterocycles. The summed E-state index contributed by atoms with van der Waals surface area (Å²) in [6, 6.07) is 10.9. The third-order valence-electron chi connectivity index (χ3n) is 2.64. The molecule has 0 saturated carbocycles. The van der Waals surface area contributed by atoms with E-state index in [4.69, 9.17) is 16.3 Å². The number of carbonyl (C=O) groups is 1. The standard InChI is InChI=1S/C14H9BrClNO4/c15-14-11(17(19)20)5-2-6-13(14)21-8-12(18)9-3-1-4-10(16)7-9/h1-7H,8H2. The molecular weight excluding hydrogens is 362 g/mol. The second-order valence-corrected chi connectivity index (χ2v) is 5.30. The topological polar surface area (TPSA) is 69.4 Å². The van der Waals surface area contributed by atoms with Gasteiger partial charge in [0.05, 0.1) is 4.92 Å². The normalized spacial score (nSPS) is 10.2. The van der Waals surface area contributed by atoms with Crippen LogP contribution in [0.15, 0.2) is 46.9 Å². The molecule has 0 unspecified atom stereocenters. The lowest BCUT2D eigenvalue weighted by Crippen LogP contribution is -2.12. The first-order valence-corrected chi connectivity index (χ1v) is 7.00. The summed E-state index contributed by atoms with van der Waals surface area (Å²) in [4.78, 5) is 22.2. The van der Waals surface area contributed by atoms with Crippen molar-refractivity contribution in [3.05, 3.63) is 67.6 Å². The van der Waals surface area contributed by atoms with Crippen LogP contribution >= 0.6 is 27.5 Å². The fourth-order valence-corrected chi connectivity index (χ4v) is 2.35. The van der Waals surface area contributed by atoms with E-state index in [0.717, 1.165) is 0 Å². The SMILES string of the molecule is O=C(COc1cccc([N+](=O)[O-])c1Br)c1cccc(Cl)c1. The first-order valence-electron chi connectivity index (χ1n) is 5.83. The van der Waals surface area contributed by atoms with Gasteiger partial charge in [0.25, 0.3) is 5.69 Å². The molecule has 0 bridgehead atoms. The number of nitrogens with zero attached hydrogens (tertiary/aromatic N) is 1. The van der Waals surface area contributed by atoms with Crippen LogP contribution < -0.4 is 4.74 Å². The Morgan fingerprint density at radius 2 is 2.00 bits per heavy atom. The van der Waals surface area contributed by atoms with Crippen LogP contribution in [0.2, 0.25) is 5.02 Å². The Bertz CT molecular complexity index is 705. The zero-order valence-corrected chi connectivity index (χ0v) is 12.9. The molecule has 108 valence electrons. The van der Waals surface area contributed by atoms with E-state index in [9.17, 15) is 14.9 Å². The minimum absolute atomic E-state index is 0.122. The van der Waals surface area contributed by atoms with Crippen molar-refractivity contribution in [2.24, 2.45) is 0 Å². The van der Waals surface area contributed by atoms with Crippen molar-refractivity contribution >= 4 is 39.0 Å². The number of rotatable bonds is 5. The Morgan fingerprint density at radius 1 is 1.29 bits per heavy atom. The third-order valence-corrected chi connectivity index (χ3v) is 3.68. The highest BCUT2D eigenvalue weighted by Crippen LogP contribution is 2.33. The molecule has 0 aliphatic heterocycles. The molecule has 0 spiro atoms. The molecule has 21 heavy (non-hydrogen) atoms. The number of nitro groups is 1. The molecule has 0 aliphatic rings.